The summed E-state index contributed by atoms with van der Waals surface area (Å²) in [5, 5.41) is 5.35. The summed E-state index contributed by atoms with van der Waals surface area (Å²) in [5.74, 6) is -0.907. The van der Waals surface area contributed by atoms with Crippen LogP contribution in [0.15, 0.2) is 33.8 Å². The SMILES string of the molecule is NS(=O)(=O)c1c(F)ccc2ccoc12. The van der Waals surface area contributed by atoms with Crippen molar-refractivity contribution in [3.05, 3.63) is 30.3 Å². The highest BCUT2D eigenvalue weighted by Gasteiger charge is 2.20. The number of hydrogen-bond donors (Lipinski definition) is 1. The van der Waals surface area contributed by atoms with Crippen LogP contribution in [0.5, 0.6) is 0 Å². The Morgan fingerprint density at radius 3 is 2.64 bits per heavy atom. The van der Waals surface area contributed by atoms with Crippen LogP contribution < -0.4 is 5.14 Å². The molecule has 6 heteroatoms. The Morgan fingerprint density at radius 1 is 1.29 bits per heavy atom. The molecular weight excluding hydrogens is 209 g/mol. The van der Waals surface area contributed by atoms with Crippen molar-refractivity contribution >= 4 is 21.0 Å². The number of hydrogen-bond acceptors (Lipinski definition) is 3. The van der Waals surface area contributed by atoms with E-state index in [0.29, 0.717) is 5.39 Å². The van der Waals surface area contributed by atoms with E-state index < -0.39 is 20.7 Å². The number of furan rings is 1. The fourth-order valence-electron chi connectivity index (χ4n) is 1.25. The molecule has 2 rings (SSSR count). The van der Waals surface area contributed by atoms with Crippen molar-refractivity contribution in [2.24, 2.45) is 5.14 Å². The van der Waals surface area contributed by atoms with Crippen LogP contribution >= 0.6 is 0 Å². The third-order valence-corrected chi connectivity index (χ3v) is 2.76. The van der Waals surface area contributed by atoms with E-state index in [2.05, 4.69) is 0 Å². The number of fused-ring (bicyclic) bond motifs is 1. The van der Waals surface area contributed by atoms with Gasteiger partial charge in [-0.25, -0.2) is 17.9 Å². The maximum Gasteiger partial charge on any atom is 0.244 e. The van der Waals surface area contributed by atoms with E-state index in [-0.39, 0.29) is 5.58 Å². The smallest absolute Gasteiger partial charge is 0.244 e. The van der Waals surface area contributed by atoms with Gasteiger partial charge in [0.2, 0.25) is 10.0 Å². The lowest BCUT2D eigenvalue weighted by Crippen LogP contribution is -2.14. The number of nitrogens with two attached hydrogens (primary N) is 1. The van der Waals surface area contributed by atoms with Crippen LogP contribution in [0.25, 0.3) is 11.0 Å². The summed E-state index contributed by atoms with van der Waals surface area (Å²) in [6, 6.07) is 3.99. The van der Waals surface area contributed by atoms with Crippen molar-refractivity contribution < 1.29 is 17.2 Å². The van der Waals surface area contributed by atoms with Gasteiger partial charge in [-0.3, -0.25) is 0 Å². The molecule has 0 aliphatic heterocycles. The highest BCUT2D eigenvalue weighted by molar-refractivity contribution is 7.89. The Kier molecular flexibility index (Phi) is 1.83. The molecule has 1 aromatic heterocycles. The number of primary sulfonamides is 1. The molecule has 74 valence electrons. The maximum absolute atomic E-state index is 13.2. The summed E-state index contributed by atoms with van der Waals surface area (Å²) in [4.78, 5) is -0.597. The van der Waals surface area contributed by atoms with Gasteiger partial charge < -0.3 is 4.42 Å². The van der Waals surface area contributed by atoms with Gasteiger partial charge in [0.05, 0.1) is 6.26 Å². The van der Waals surface area contributed by atoms with Gasteiger partial charge in [0.25, 0.3) is 0 Å². The molecule has 2 N–H and O–H groups in total. The molecule has 4 nitrogen and oxygen atoms in total. The highest BCUT2D eigenvalue weighted by atomic mass is 32.2. The zero-order chi connectivity index (χ0) is 10.3. The first-order valence-electron chi connectivity index (χ1n) is 3.68. The highest BCUT2D eigenvalue weighted by Crippen LogP contribution is 2.25. The van der Waals surface area contributed by atoms with Gasteiger partial charge in [0.15, 0.2) is 10.5 Å². The summed E-state index contributed by atoms with van der Waals surface area (Å²) in [5.41, 5.74) is -0.0486. The molecule has 1 heterocycles. The van der Waals surface area contributed by atoms with E-state index in [1.807, 2.05) is 0 Å². The lowest BCUT2D eigenvalue weighted by Gasteiger charge is -2.00. The van der Waals surface area contributed by atoms with E-state index in [1.54, 1.807) is 0 Å². The fraction of sp³-hybridized carbons (Fsp3) is 0. The number of benzene rings is 1. The summed E-state index contributed by atoms with van der Waals surface area (Å²) < 4.78 is 40.1. The Balaban J connectivity index is 2.98. The average Bonchev–Trinajstić information content (AvgIpc) is 2.48. The van der Waals surface area contributed by atoms with E-state index in [0.717, 1.165) is 6.07 Å². The van der Waals surface area contributed by atoms with Crippen LogP contribution in [0, 0.1) is 5.82 Å². The van der Waals surface area contributed by atoms with E-state index in [1.165, 1.54) is 18.4 Å². The summed E-state index contributed by atoms with van der Waals surface area (Å²) in [6.45, 7) is 0. The fourth-order valence-corrected chi connectivity index (χ4v) is 2.01. The standard InChI is InChI=1S/C8H6FNO3S/c9-6-2-1-5-3-4-13-7(5)8(6)14(10,11)12/h1-4H,(H2,10,11,12). The van der Waals surface area contributed by atoms with Gasteiger partial charge in [-0.15, -0.1) is 0 Å². The monoisotopic (exact) mass is 215 g/mol. The quantitative estimate of drug-likeness (QED) is 0.777. The topological polar surface area (TPSA) is 73.3 Å². The third kappa shape index (κ3) is 1.28. The Morgan fingerprint density at radius 2 is 2.00 bits per heavy atom. The van der Waals surface area contributed by atoms with Crippen LogP contribution in [0.2, 0.25) is 0 Å². The van der Waals surface area contributed by atoms with Gasteiger partial charge in [-0.1, -0.05) is 0 Å². The molecule has 0 unspecified atom stereocenters. The maximum atomic E-state index is 13.2. The Labute approximate surface area is 79.2 Å². The zero-order valence-electron chi connectivity index (χ0n) is 6.90. The van der Waals surface area contributed by atoms with E-state index in [9.17, 15) is 12.8 Å². The molecular formula is C8H6FNO3S. The van der Waals surface area contributed by atoms with Crippen molar-refractivity contribution in [2.75, 3.05) is 0 Å². The first kappa shape index (κ1) is 9.17. The van der Waals surface area contributed by atoms with E-state index >= 15 is 0 Å². The summed E-state index contributed by atoms with van der Waals surface area (Å²) >= 11 is 0. The van der Waals surface area contributed by atoms with Gasteiger partial charge >= 0.3 is 0 Å². The van der Waals surface area contributed by atoms with Crippen LogP contribution in [0.4, 0.5) is 4.39 Å². The van der Waals surface area contributed by atoms with Crippen LogP contribution in [-0.4, -0.2) is 8.42 Å². The molecule has 0 radical (unpaired) electrons. The molecule has 0 aliphatic carbocycles. The number of sulfonamides is 1. The minimum Gasteiger partial charge on any atom is -0.463 e. The molecule has 0 amide bonds. The second-order valence-electron chi connectivity index (χ2n) is 2.76. The minimum absolute atomic E-state index is 0.0486. The molecule has 14 heavy (non-hydrogen) atoms. The van der Waals surface area contributed by atoms with Crippen molar-refractivity contribution in [1.29, 1.82) is 0 Å². The molecule has 0 fully saturated rings. The van der Waals surface area contributed by atoms with Crippen molar-refractivity contribution in [3.8, 4) is 0 Å². The predicted molar refractivity (Wildman–Crippen MR) is 47.5 cm³/mol. The normalized spacial score (nSPS) is 12.1. The molecule has 0 spiro atoms. The van der Waals surface area contributed by atoms with Gasteiger partial charge in [-0.2, -0.15) is 0 Å². The molecule has 0 aliphatic rings. The van der Waals surface area contributed by atoms with Crippen molar-refractivity contribution in [2.45, 2.75) is 4.90 Å². The first-order chi connectivity index (χ1) is 6.50. The number of rotatable bonds is 1. The predicted octanol–water partition coefficient (Wildman–Crippen LogP) is 1.22. The second-order valence-corrected chi connectivity index (χ2v) is 4.26. The summed E-state index contributed by atoms with van der Waals surface area (Å²) in [6.07, 6.45) is 1.28. The summed E-state index contributed by atoms with van der Waals surface area (Å²) in [7, 11) is -4.10. The van der Waals surface area contributed by atoms with Crippen LogP contribution in [0.1, 0.15) is 0 Å². The van der Waals surface area contributed by atoms with Crippen LogP contribution in [-0.2, 0) is 10.0 Å². The largest absolute Gasteiger partial charge is 0.463 e. The minimum atomic E-state index is -4.10. The van der Waals surface area contributed by atoms with Crippen LogP contribution in [0.3, 0.4) is 0 Å². The van der Waals surface area contributed by atoms with Gasteiger partial charge in [0.1, 0.15) is 5.82 Å². The Bertz CT molecular complexity index is 588. The molecule has 2 aromatic rings. The second kappa shape index (κ2) is 2.79. The number of halogens is 1. The third-order valence-electron chi connectivity index (χ3n) is 1.81. The molecule has 0 saturated heterocycles. The molecule has 0 atom stereocenters. The lowest BCUT2D eigenvalue weighted by molar-refractivity contribution is 0.552. The van der Waals surface area contributed by atoms with Gasteiger partial charge in [-0.05, 0) is 18.2 Å². The average molecular weight is 215 g/mol. The first-order valence-corrected chi connectivity index (χ1v) is 5.23. The van der Waals surface area contributed by atoms with Crippen molar-refractivity contribution in [3.63, 3.8) is 0 Å². The molecule has 0 saturated carbocycles. The zero-order valence-corrected chi connectivity index (χ0v) is 7.71. The van der Waals surface area contributed by atoms with E-state index in [4.69, 9.17) is 9.56 Å². The Hall–Kier alpha value is -1.40. The van der Waals surface area contributed by atoms with Gasteiger partial charge in [0, 0.05) is 5.39 Å². The molecule has 1 aromatic carbocycles. The lowest BCUT2D eigenvalue weighted by atomic mass is 10.2. The molecule has 0 bridgehead atoms. The van der Waals surface area contributed by atoms with Crippen molar-refractivity contribution in [1.82, 2.24) is 0 Å².